The fourth-order valence-electron chi connectivity index (χ4n) is 3.75. The molecule has 0 aliphatic heterocycles. The molecule has 0 unspecified atom stereocenters. The molecule has 0 atom stereocenters. The zero-order valence-electron chi connectivity index (χ0n) is 19.4. The van der Waals surface area contributed by atoms with Gasteiger partial charge in [0.05, 0.1) is 32.4 Å². The molecular formula is C26H27N3O4. The molecular weight excluding hydrogens is 418 g/mol. The summed E-state index contributed by atoms with van der Waals surface area (Å²) in [6.45, 7) is 4.33. The molecule has 0 saturated carbocycles. The highest BCUT2D eigenvalue weighted by atomic mass is 16.5. The lowest BCUT2D eigenvalue weighted by atomic mass is 9.96. The van der Waals surface area contributed by atoms with Crippen LogP contribution in [0.1, 0.15) is 35.7 Å². The summed E-state index contributed by atoms with van der Waals surface area (Å²) in [6.07, 6.45) is 0. The van der Waals surface area contributed by atoms with Crippen molar-refractivity contribution in [2.75, 3.05) is 26.6 Å². The second kappa shape index (κ2) is 9.24. The van der Waals surface area contributed by atoms with Crippen molar-refractivity contribution < 1.29 is 19.0 Å². The van der Waals surface area contributed by atoms with Crippen LogP contribution in [0.2, 0.25) is 0 Å². The van der Waals surface area contributed by atoms with Gasteiger partial charge in [-0.2, -0.15) is 5.10 Å². The van der Waals surface area contributed by atoms with Crippen molar-refractivity contribution in [1.29, 1.82) is 0 Å². The summed E-state index contributed by atoms with van der Waals surface area (Å²) in [5, 5.41) is 11.0. The van der Waals surface area contributed by atoms with Crippen LogP contribution in [-0.2, 0) is 0 Å². The van der Waals surface area contributed by atoms with E-state index >= 15 is 0 Å². The van der Waals surface area contributed by atoms with Gasteiger partial charge in [0.25, 0.3) is 5.91 Å². The Morgan fingerprint density at radius 3 is 2.39 bits per heavy atom. The topological polar surface area (TPSA) is 85.5 Å². The van der Waals surface area contributed by atoms with Crippen molar-refractivity contribution >= 4 is 22.6 Å². The fourth-order valence-corrected chi connectivity index (χ4v) is 3.75. The number of nitrogens with zero attached hydrogens (tertiary/aromatic N) is 1. The van der Waals surface area contributed by atoms with Crippen LogP contribution in [0.4, 0.5) is 5.82 Å². The van der Waals surface area contributed by atoms with E-state index in [0.717, 1.165) is 27.8 Å². The maximum atomic E-state index is 12.9. The lowest BCUT2D eigenvalue weighted by molar-refractivity contribution is 0.102. The second-order valence-electron chi connectivity index (χ2n) is 7.97. The summed E-state index contributed by atoms with van der Waals surface area (Å²) in [7, 11) is 4.75. The van der Waals surface area contributed by atoms with Gasteiger partial charge in [-0.15, -0.1) is 0 Å². The maximum Gasteiger partial charge on any atom is 0.260 e. The molecule has 1 heterocycles. The van der Waals surface area contributed by atoms with Crippen LogP contribution in [0.3, 0.4) is 0 Å². The fraction of sp³-hybridized carbons (Fsp3) is 0.231. The zero-order valence-corrected chi connectivity index (χ0v) is 19.4. The number of rotatable bonds is 7. The smallest absolute Gasteiger partial charge is 0.260 e. The molecule has 4 rings (SSSR count). The number of benzene rings is 3. The van der Waals surface area contributed by atoms with Gasteiger partial charge in [0.1, 0.15) is 17.2 Å². The predicted octanol–water partition coefficient (Wildman–Crippen LogP) is 5.63. The lowest BCUT2D eigenvalue weighted by Gasteiger charge is -2.13. The highest BCUT2D eigenvalue weighted by Crippen LogP contribution is 2.35. The van der Waals surface area contributed by atoms with Gasteiger partial charge in [-0.3, -0.25) is 9.89 Å². The first kappa shape index (κ1) is 22.2. The van der Waals surface area contributed by atoms with Gasteiger partial charge in [0.2, 0.25) is 0 Å². The minimum absolute atomic E-state index is 0.321. The number of hydrogen-bond acceptors (Lipinski definition) is 5. The summed E-state index contributed by atoms with van der Waals surface area (Å²) >= 11 is 0. The van der Waals surface area contributed by atoms with E-state index in [0.29, 0.717) is 28.8 Å². The third-order valence-corrected chi connectivity index (χ3v) is 5.65. The number of amides is 1. The highest BCUT2D eigenvalue weighted by Gasteiger charge is 2.17. The third kappa shape index (κ3) is 4.35. The lowest BCUT2D eigenvalue weighted by Crippen LogP contribution is -2.13. The molecule has 4 aromatic rings. The number of aromatic amines is 1. The number of anilines is 1. The number of methoxy groups -OCH3 is 3. The van der Waals surface area contributed by atoms with Crippen LogP contribution in [0, 0.1) is 0 Å². The van der Waals surface area contributed by atoms with Crippen molar-refractivity contribution in [3.63, 3.8) is 0 Å². The van der Waals surface area contributed by atoms with E-state index in [4.69, 9.17) is 14.2 Å². The largest absolute Gasteiger partial charge is 0.497 e. The van der Waals surface area contributed by atoms with E-state index in [1.54, 1.807) is 32.4 Å². The number of nitrogens with one attached hydrogen (secondary N) is 2. The number of hydrogen-bond donors (Lipinski definition) is 2. The Balaban J connectivity index is 1.66. The normalized spacial score (nSPS) is 11.0. The molecule has 1 aromatic heterocycles. The molecule has 0 bridgehead atoms. The van der Waals surface area contributed by atoms with Crippen molar-refractivity contribution in [3.8, 4) is 28.4 Å². The number of aromatic nitrogens is 2. The minimum atomic E-state index is -0.321. The minimum Gasteiger partial charge on any atom is -0.497 e. The van der Waals surface area contributed by atoms with Gasteiger partial charge in [-0.25, -0.2) is 0 Å². The van der Waals surface area contributed by atoms with E-state index in [9.17, 15) is 4.79 Å². The molecule has 170 valence electrons. The summed E-state index contributed by atoms with van der Waals surface area (Å²) in [5.41, 5.74) is 4.44. The Morgan fingerprint density at radius 1 is 0.909 bits per heavy atom. The van der Waals surface area contributed by atoms with Crippen LogP contribution in [0.15, 0.2) is 54.6 Å². The first-order valence-electron chi connectivity index (χ1n) is 10.6. The molecule has 0 saturated heterocycles. The van der Waals surface area contributed by atoms with E-state index in [-0.39, 0.29) is 5.91 Å². The van der Waals surface area contributed by atoms with Crippen LogP contribution in [-0.4, -0.2) is 37.4 Å². The standard InChI is InChI=1S/C26H27N3O4/c1-15(2)16-7-11-23(32-4)21(12-16)17-6-9-19-22(13-17)28-29-25(19)27-26(30)20-10-8-18(31-3)14-24(20)33-5/h6-15H,1-5H3,(H2,27,28,29,30). The molecule has 3 aromatic carbocycles. The van der Waals surface area contributed by atoms with Gasteiger partial charge < -0.3 is 19.5 Å². The monoisotopic (exact) mass is 445 g/mol. The SMILES string of the molecule is COc1ccc(C(=O)Nc2n[nH]c3cc(-c4cc(C(C)C)ccc4OC)ccc23)c(OC)c1. The number of carbonyl (C=O) groups is 1. The highest BCUT2D eigenvalue weighted by molar-refractivity contribution is 6.09. The number of ether oxygens (including phenoxy) is 3. The molecule has 1 amide bonds. The maximum absolute atomic E-state index is 12.9. The Kier molecular flexibility index (Phi) is 6.22. The van der Waals surface area contributed by atoms with Gasteiger partial charge in [0.15, 0.2) is 5.82 Å². The molecule has 7 nitrogen and oxygen atoms in total. The summed E-state index contributed by atoms with van der Waals surface area (Å²) < 4.78 is 16.1. The number of carbonyl (C=O) groups excluding carboxylic acids is 1. The molecule has 0 radical (unpaired) electrons. The second-order valence-corrected chi connectivity index (χ2v) is 7.97. The van der Waals surface area contributed by atoms with E-state index in [2.05, 4.69) is 41.5 Å². The Hall–Kier alpha value is -4.00. The number of H-pyrrole nitrogens is 1. The average molecular weight is 446 g/mol. The third-order valence-electron chi connectivity index (χ3n) is 5.65. The van der Waals surface area contributed by atoms with Gasteiger partial charge in [0, 0.05) is 17.0 Å². The van der Waals surface area contributed by atoms with Crippen LogP contribution >= 0.6 is 0 Å². The first-order chi connectivity index (χ1) is 15.9. The van der Waals surface area contributed by atoms with Crippen LogP contribution in [0.5, 0.6) is 17.2 Å². The van der Waals surface area contributed by atoms with Crippen molar-refractivity contribution in [2.45, 2.75) is 19.8 Å². The zero-order chi connectivity index (χ0) is 23.5. The number of fused-ring (bicyclic) bond motifs is 1. The Bertz CT molecular complexity index is 1310. The molecule has 7 heteroatoms. The van der Waals surface area contributed by atoms with Crippen LogP contribution < -0.4 is 19.5 Å². The van der Waals surface area contributed by atoms with Crippen molar-refractivity contribution in [3.05, 3.63) is 65.7 Å². The average Bonchev–Trinajstić information content (AvgIpc) is 3.24. The summed E-state index contributed by atoms with van der Waals surface area (Å²) in [6, 6.07) is 17.2. The Labute approximate surface area is 192 Å². The molecule has 0 aliphatic rings. The van der Waals surface area contributed by atoms with Crippen molar-refractivity contribution in [2.24, 2.45) is 0 Å². The quantitative estimate of drug-likeness (QED) is 0.385. The molecule has 2 N–H and O–H groups in total. The van der Waals surface area contributed by atoms with E-state index in [1.807, 2.05) is 24.3 Å². The van der Waals surface area contributed by atoms with Crippen LogP contribution in [0.25, 0.3) is 22.0 Å². The summed E-state index contributed by atoms with van der Waals surface area (Å²) in [5.74, 6) is 2.37. The predicted molar refractivity (Wildman–Crippen MR) is 130 cm³/mol. The van der Waals surface area contributed by atoms with Crippen molar-refractivity contribution in [1.82, 2.24) is 10.2 Å². The Morgan fingerprint density at radius 2 is 1.70 bits per heavy atom. The van der Waals surface area contributed by atoms with E-state index in [1.165, 1.54) is 12.7 Å². The molecule has 0 aliphatic carbocycles. The molecule has 0 fully saturated rings. The first-order valence-corrected chi connectivity index (χ1v) is 10.6. The van der Waals surface area contributed by atoms with E-state index < -0.39 is 0 Å². The molecule has 33 heavy (non-hydrogen) atoms. The van der Waals surface area contributed by atoms with Gasteiger partial charge in [-0.05, 0) is 53.4 Å². The molecule has 0 spiro atoms. The summed E-state index contributed by atoms with van der Waals surface area (Å²) in [4.78, 5) is 12.9. The van der Waals surface area contributed by atoms with Gasteiger partial charge >= 0.3 is 0 Å². The van der Waals surface area contributed by atoms with Gasteiger partial charge in [-0.1, -0.05) is 26.0 Å².